The third-order valence-corrected chi connectivity index (χ3v) is 6.69. The minimum absolute atomic E-state index is 0.770. The number of aryl methyl sites for hydroxylation is 1. The molecule has 1 aromatic carbocycles. The molecule has 0 heterocycles. The summed E-state index contributed by atoms with van der Waals surface area (Å²) in [5.74, 6) is 5.93. The summed E-state index contributed by atoms with van der Waals surface area (Å²) in [5.41, 5.74) is 3.24. The van der Waals surface area contributed by atoms with Crippen molar-refractivity contribution in [1.82, 2.24) is 0 Å². The van der Waals surface area contributed by atoms with Crippen LogP contribution in [0.25, 0.3) is 0 Å². The second-order valence-electron chi connectivity index (χ2n) is 7.56. The molecule has 0 amide bonds. The molecule has 0 N–H and O–H groups in total. The molecule has 0 saturated heterocycles. The predicted octanol–water partition coefficient (Wildman–Crippen LogP) is 5.19. The Morgan fingerprint density at radius 2 is 1.86 bits per heavy atom. The summed E-state index contributed by atoms with van der Waals surface area (Å²) in [4.78, 5) is 0. The molecule has 0 bridgehead atoms. The minimum atomic E-state index is 0.770. The third kappa shape index (κ3) is 2.20. The molecule has 3 aliphatic rings. The molecule has 2 fully saturated rings. The van der Waals surface area contributed by atoms with Crippen LogP contribution in [0, 0.1) is 23.7 Å². The van der Waals surface area contributed by atoms with Gasteiger partial charge in [-0.3, -0.25) is 0 Å². The van der Waals surface area contributed by atoms with E-state index in [1.807, 2.05) is 0 Å². The summed E-state index contributed by atoms with van der Waals surface area (Å²) in [7, 11) is 0. The molecule has 1 heteroatoms. The van der Waals surface area contributed by atoms with Crippen molar-refractivity contribution >= 4 is 0 Å². The summed E-state index contributed by atoms with van der Waals surface area (Å²) >= 11 is 0. The van der Waals surface area contributed by atoms with Crippen molar-refractivity contribution in [2.75, 3.05) is 6.61 Å². The Morgan fingerprint density at radius 1 is 1.00 bits per heavy atom. The maximum Gasteiger partial charge on any atom is 0.119 e. The average Bonchev–Trinajstić information content (AvgIpc) is 2.89. The van der Waals surface area contributed by atoms with Gasteiger partial charge in [-0.05, 0) is 91.9 Å². The molecular formula is C20H28O. The van der Waals surface area contributed by atoms with E-state index in [0.717, 1.165) is 41.9 Å². The van der Waals surface area contributed by atoms with Gasteiger partial charge in [0.15, 0.2) is 0 Å². The Hall–Kier alpha value is -0.980. The van der Waals surface area contributed by atoms with E-state index in [1.54, 1.807) is 11.1 Å². The number of hydrogen-bond donors (Lipinski definition) is 0. The van der Waals surface area contributed by atoms with Crippen molar-refractivity contribution in [3.8, 4) is 5.75 Å². The highest BCUT2D eigenvalue weighted by molar-refractivity contribution is 5.40. The fourth-order valence-corrected chi connectivity index (χ4v) is 5.76. The van der Waals surface area contributed by atoms with E-state index in [9.17, 15) is 0 Å². The monoisotopic (exact) mass is 284 g/mol. The first kappa shape index (κ1) is 13.7. The lowest BCUT2D eigenvalue weighted by Gasteiger charge is -2.45. The van der Waals surface area contributed by atoms with Crippen LogP contribution in [0.1, 0.15) is 63.0 Å². The van der Waals surface area contributed by atoms with Gasteiger partial charge in [0.1, 0.15) is 5.75 Å². The lowest BCUT2D eigenvalue weighted by atomic mass is 9.60. The highest BCUT2D eigenvalue weighted by Crippen LogP contribution is 2.56. The van der Waals surface area contributed by atoms with Crippen molar-refractivity contribution in [2.45, 2.75) is 58.3 Å². The first-order valence-electron chi connectivity index (χ1n) is 9.03. The fraction of sp³-hybridized carbons (Fsp3) is 0.700. The van der Waals surface area contributed by atoms with Crippen LogP contribution in [0.5, 0.6) is 5.75 Å². The number of fused-ring (bicyclic) bond motifs is 5. The van der Waals surface area contributed by atoms with Crippen molar-refractivity contribution in [3.63, 3.8) is 0 Å². The second kappa shape index (κ2) is 5.34. The largest absolute Gasteiger partial charge is 0.494 e. The van der Waals surface area contributed by atoms with Crippen molar-refractivity contribution < 1.29 is 4.74 Å². The predicted molar refractivity (Wildman–Crippen MR) is 86.8 cm³/mol. The smallest absolute Gasteiger partial charge is 0.119 e. The highest BCUT2D eigenvalue weighted by Gasteiger charge is 2.46. The van der Waals surface area contributed by atoms with E-state index >= 15 is 0 Å². The van der Waals surface area contributed by atoms with Crippen LogP contribution >= 0.6 is 0 Å². The van der Waals surface area contributed by atoms with Crippen LogP contribution in [-0.2, 0) is 6.42 Å². The molecule has 2 saturated carbocycles. The molecule has 1 aromatic rings. The normalized spacial score (nSPS) is 37.5. The Balaban J connectivity index is 1.62. The number of benzene rings is 1. The maximum absolute atomic E-state index is 5.69. The molecule has 4 rings (SSSR count). The number of rotatable bonds is 2. The van der Waals surface area contributed by atoms with Crippen LogP contribution in [0.2, 0.25) is 0 Å². The maximum atomic E-state index is 5.69. The van der Waals surface area contributed by atoms with Gasteiger partial charge in [-0.15, -0.1) is 0 Å². The second-order valence-corrected chi connectivity index (χ2v) is 7.56. The number of ether oxygens (including phenoxy) is 1. The molecule has 1 nitrogen and oxygen atoms in total. The van der Waals surface area contributed by atoms with Gasteiger partial charge in [-0.25, -0.2) is 0 Å². The SMILES string of the molecule is CCOc1ccc2c(c1)CCC1C2CCC2C(C)CCC21. The first-order chi connectivity index (χ1) is 10.3. The molecule has 5 atom stereocenters. The van der Waals surface area contributed by atoms with Gasteiger partial charge < -0.3 is 4.74 Å². The highest BCUT2D eigenvalue weighted by atomic mass is 16.5. The molecule has 0 aliphatic heterocycles. The van der Waals surface area contributed by atoms with Crippen LogP contribution in [0.3, 0.4) is 0 Å². The van der Waals surface area contributed by atoms with E-state index in [0.29, 0.717) is 0 Å². The topological polar surface area (TPSA) is 9.23 Å². The zero-order valence-electron chi connectivity index (χ0n) is 13.5. The molecule has 21 heavy (non-hydrogen) atoms. The zero-order chi connectivity index (χ0) is 14.4. The Bertz CT molecular complexity index is 521. The quantitative estimate of drug-likeness (QED) is 0.726. The third-order valence-electron chi connectivity index (χ3n) is 6.69. The van der Waals surface area contributed by atoms with E-state index in [1.165, 1.54) is 38.5 Å². The van der Waals surface area contributed by atoms with Crippen LogP contribution < -0.4 is 4.74 Å². The van der Waals surface area contributed by atoms with Crippen molar-refractivity contribution in [2.24, 2.45) is 23.7 Å². The summed E-state index contributed by atoms with van der Waals surface area (Å²) < 4.78 is 5.69. The molecule has 0 radical (unpaired) electrons. The van der Waals surface area contributed by atoms with Gasteiger partial charge in [-0.1, -0.05) is 19.4 Å². The van der Waals surface area contributed by atoms with Gasteiger partial charge in [0.25, 0.3) is 0 Å². The molecular weight excluding hydrogens is 256 g/mol. The lowest BCUT2D eigenvalue weighted by Crippen LogP contribution is -2.35. The fourth-order valence-electron chi connectivity index (χ4n) is 5.76. The Labute approximate surface area is 129 Å². The first-order valence-corrected chi connectivity index (χ1v) is 9.03. The minimum Gasteiger partial charge on any atom is -0.494 e. The average molecular weight is 284 g/mol. The van der Waals surface area contributed by atoms with Gasteiger partial charge in [-0.2, -0.15) is 0 Å². The summed E-state index contributed by atoms with van der Waals surface area (Å²) in [6.07, 6.45) is 8.57. The van der Waals surface area contributed by atoms with Crippen LogP contribution in [0.15, 0.2) is 18.2 Å². The standard InChI is InChI=1S/C20H28O/c1-3-21-15-6-9-17-14(12-15)5-8-20-18-7-4-13(2)16(18)10-11-19(17)20/h6,9,12-13,16,18-20H,3-5,7-8,10-11H2,1-2H3. The van der Waals surface area contributed by atoms with E-state index in [2.05, 4.69) is 32.0 Å². The van der Waals surface area contributed by atoms with Gasteiger partial charge in [0.05, 0.1) is 6.61 Å². The van der Waals surface area contributed by atoms with Crippen LogP contribution in [-0.4, -0.2) is 6.61 Å². The molecule has 0 spiro atoms. The van der Waals surface area contributed by atoms with Crippen molar-refractivity contribution in [3.05, 3.63) is 29.3 Å². The number of hydrogen-bond acceptors (Lipinski definition) is 1. The summed E-state index contributed by atoms with van der Waals surface area (Å²) in [5, 5.41) is 0. The lowest BCUT2D eigenvalue weighted by molar-refractivity contribution is 0.119. The summed E-state index contributed by atoms with van der Waals surface area (Å²) in [6.45, 7) is 5.33. The van der Waals surface area contributed by atoms with E-state index in [4.69, 9.17) is 4.74 Å². The summed E-state index contributed by atoms with van der Waals surface area (Å²) in [6, 6.07) is 6.91. The van der Waals surface area contributed by atoms with E-state index < -0.39 is 0 Å². The molecule has 3 aliphatic carbocycles. The van der Waals surface area contributed by atoms with Crippen LogP contribution in [0.4, 0.5) is 0 Å². The van der Waals surface area contributed by atoms with Gasteiger partial charge in [0.2, 0.25) is 0 Å². The zero-order valence-corrected chi connectivity index (χ0v) is 13.5. The molecule has 114 valence electrons. The molecule has 0 aromatic heterocycles. The Morgan fingerprint density at radius 3 is 2.71 bits per heavy atom. The van der Waals surface area contributed by atoms with Gasteiger partial charge >= 0.3 is 0 Å². The van der Waals surface area contributed by atoms with Crippen molar-refractivity contribution in [1.29, 1.82) is 0 Å². The molecule has 5 unspecified atom stereocenters. The van der Waals surface area contributed by atoms with Gasteiger partial charge in [0, 0.05) is 0 Å². The Kier molecular flexibility index (Phi) is 3.47. The van der Waals surface area contributed by atoms with E-state index in [-0.39, 0.29) is 0 Å².